The summed E-state index contributed by atoms with van der Waals surface area (Å²) >= 11 is 3.41. The van der Waals surface area contributed by atoms with Crippen molar-refractivity contribution in [2.45, 2.75) is 13.8 Å². The molecule has 0 saturated heterocycles. The van der Waals surface area contributed by atoms with Gasteiger partial charge in [-0.2, -0.15) is 5.10 Å². The van der Waals surface area contributed by atoms with E-state index in [0.29, 0.717) is 18.0 Å². The number of benzene rings is 2. The van der Waals surface area contributed by atoms with E-state index in [1.54, 1.807) is 6.07 Å². The number of ether oxygens (including phenoxy) is 1. The van der Waals surface area contributed by atoms with Crippen LogP contribution in [-0.4, -0.2) is 22.7 Å². The van der Waals surface area contributed by atoms with Crippen molar-refractivity contribution in [2.75, 3.05) is 11.9 Å². The van der Waals surface area contributed by atoms with Gasteiger partial charge in [0.2, 0.25) is 0 Å². The number of amides is 1. The fraction of sp³-hybridized carbons (Fsp3) is 0.158. The molecule has 0 bridgehead atoms. The lowest BCUT2D eigenvalue weighted by Gasteiger charge is -2.07. The van der Waals surface area contributed by atoms with E-state index in [9.17, 15) is 4.79 Å². The minimum Gasteiger partial charge on any atom is -0.494 e. The van der Waals surface area contributed by atoms with Crippen LogP contribution in [0.5, 0.6) is 5.75 Å². The molecule has 0 radical (unpaired) electrons. The van der Waals surface area contributed by atoms with Gasteiger partial charge in [-0.15, -0.1) is 0 Å². The van der Waals surface area contributed by atoms with Crippen LogP contribution in [0.3, 0.4) is 0 Å². The number of rotatable bonds is 5. The molecule has 0 atom stereocenters. The number of carbonyl (C=O) groups excluding carboxylic acids is 1. The van der Waals surface area contributed by atoms with Gasteiger partial charge in [0, 0.05) is 15.7 Å². The number of nitrogens with one attached hydrogen (secondary N) is 2. The fourth-order valence-corrected chi connectivity index (χ4v) is 2.91. The van der Waals surface area contributed by atoms with Crippen molar-refractivity contribution >= 4 is 27.5 Å². The number of H-pyrrole nitrogens is 1. The molecule has 2 aromatic carbocycles. The number of anilines is 1. The molecule has 0 aliphatic rings. The summed E-state index contributed by atoms with van der Waals surface area (Å²) < 4.78 is 6.40. The highest BCUT2D eigenvalue weighted by atomic mass is 79.9. The van der Waals surface area contributed by atoms with E-state index in [1.807, 2.05) is 56.3 Å². The van der Waals surface area contributed by atoms with E-state index < -0.39 is 0 Å². The number of hydrogen-bond donors (Lipinski definition) is 2. The van der Waals surface area contributed by atoms with E-state index in [2.05, 4.69) is 31.4 Å². The van der Waals surface area contributed by atoms with Crippen LogP contribution < -0.4 is 10.1 Å². The lowest BCUT2D eigenvalue weighted by molar-refractivity contribution is 0.102. The molecule has 2 N–H and O–H groups in total. The molecular formula is C19H18BrN3O2. The van der Waals surface area contributed by atoms with Gasteiger partial charge < -0.3 is 10.1 Å². The number of aryl methyl sites for hydroxylation is 1. The van der Waals surface area contributed by atoms with Gasteiger partial charge >= 0.3 is 0 Å². The highest BCUT2D eigenvalue weighted by molar-refractivity contribution is 9.10. The lowest BCUT2D eigenvalue weighted by Crippen LogP contribution is -2.13. The third-order valence-electron chi connectivity index (χ3n) is 3.72. The zero-order valence-corrected chi connectivity index (χ0v) is 15.6. The van der Waals surface area contributed by atoms with Crippen LogP contribution >= 0.6 is 15.9 Å². The predicted octanol–water partition coefficient (Wildman–Crippen LogP) is 4.80. The van der Waals surface area contributed by atoms with Crippen molar-refractivity contribution in [1.29, 1.82) is 0 Å². The number of aromatic amines is 1. The Bertz CT molecular complexity index is 888. The van der Waals surface area contributed by atoms with Gasteiger partial charge in [0.05, 0.1) is 12.3 Å². The molecule has 0 fully saturated rings. The zero-order valence-electron chi connectivity index (χ0n) is 14.0. The zero-order chi connectivity index (χ0) is 17.8. The van der Waals surface area contributed by atoms with E-state index in [1.165, 1.54) is 0 Å². The Labute approximate surface area is 154 Å². The van der Waals surface area contributed by atoms with Gasteiger partial charge in [-0.1, -0.05) is 15.9 Å². The van der Waals surface area contributed by atoms with E-state index in [4.69, 9.17) is 4.74 Å². The van der Waals surface area contributed by atoms with Gasteiger partial charge in [-0.3, -0.25) is 9.89 Å². The van der Waals surface area contributed by atoms with Gasteiger partial charge in [0.1, 0.15) is 11.4 Å². The van der Waals surface area contributed by atoms with Crippen LogP contribution in [0.25, 0.3) is 11.3 Å². The maximum Gasteiger partial charge on any atom is 0.273 e. The highest BCUT2D eigenvalue weighted by Crippen LogP contribution is 2.23. The molecule has 0 aliphatic heterocycles. The Hall–Kier alpha value is -2.60. The Morgan fingerprint density at radius 1 is 1.20 bits per heavy atom. The Morgan fingerprint density at radius 3 is 2.64 bits per heavy atom. The smallest absolute Gasteiger partial charge is 0.273 e. The summed E-state index contributed by atoms with van der Waals surface area (Å²) in [5.74, 6) is 0.584. The summed E-state index contributed by atoms with van der Waals surface area (Å²) in [5.41, 5.74) is 3.78. The molecule has 1 heterocycles. The molecule has 1 aromatic heterocycles. The average Bonchev–Trinajstić information content (AvgIpc) is 3.08. The van der Waals surface area contributed by atoms with Crippen LogP contribution in [0, 0.1) is 6.92 Å². The predicted molar refractivity (Wildman–Crippen MR) is 102 cm³/mol. The maximum absolute atomic E-state index is 12.4. The summed E-state index contributed by atoms with van der Waals surface area (Å²) in [5, 5.41) is 9.91. The molecule has 0 aliphatic carbocycles. The standard InChI is InChI=1S/C19H18BrN3O2/c1-3-25-15-7-4-13(5-8-15)17-11-18(23-22-17)19(24)21-16-9-6-14(20)10-12(16)2/h4-11H,3H2,1-2H3,(H,21,24)(H,22,23). The van der Waals surface area contributed by atoms with Crippen LogP contribution in [0.2, 0.25) is 0 Å². The van der Waals surface area contributed by atoms with Crippen LogP contribution in [-0.2, 0) is 0 Å². The summed E-state index contributed by atoms with van der Waals surface area (Å²) in [6, 6.07) is 15.1. The number of halogens is 1. The van der Waals surface area contributed by atoms with Gasteiger partial charge in [-0.25, -0.2) is 0 Å². The van der Waals surface area contributed by atoms with Crippen molar-refractivity contribution in [3.63, 3.8) is 0 Å². The maximum atomic E-state index is 12.4. The first-order valence-electron chi connectivity index (χ1n) is 7.93. The molecule has 0 saturated carbocycles. The Balaban J connectivity index is 1.75. The molecule has 1 amide bonds. The second-order valence-electron chi connectivity index (χ2n) is 5.54. The first-order chi connectivity index (χ1) is 12.1. The fourth-order valence-electron chi connectivity index (χ4n) is 2.43. The quantitative estimate of drug-likeness (QED) is 0.647. The second-order valence-corrected chi connectivity index (χ2v) is 6.45. The minimum absolute atomic E-state index is 0.227. The summed E-state index contributed by atoms with van der Waals surface area (Å²) in [6.07, 6.45) is 0. The van der Waals surface area contributed by atoms with Crippen molar-refractivity contribution < 1.29 is 9.53 Å². The van der Waals surface area contributed by atoms with Gasteiger partial charge in [0.15, 0.2) is 0 Å². The second kappa shape index (κ2) is 7.53. The number of aromatic nitrogens is 2. The lowest BCUT2D eigenvalue weighted by atomic mass is 10.1. The first kappa shape index (κ1) is 17.2. The van der Waals surface area contributed by atoms with E-state index >= 15 is 0 Å². The minimum atomic E-state index is -0.227. The molecular weight excluding hydrogens is 382 g/mol. The topological polar surface area (TPSA) is 67.0 Å². The van der Waals surface area contributed by atoms with Gasteiger partial charge in [0.25, 0.3) is 5.91 Å². The van der Waals surface area contributed by atoms with Crippen molar-refractivity contribution in [2.24, 2.45) is 0 Å². The molecule has 3 rings (SSSR count). The highest BCUT2D eigenvalue weighted by Gasteiger charge is 2.12. The average molecular weight is 400 g/mol. The number of carbonyl (C=O) groups is 1. The Morgan fingerprint density at radius 2 is 1.96 bits per heavy atom. The van der Waals surface area contributed by atoms with Crippen LogP contribution in [0.15, 0.2) is 53.0 Å². The first-order valence-corrected chi connectivity index (χ1v) is 8.72. The molecule has 0 unspecified atom stereocenters. The van der Waals surface area contributed by atoms with E-state index in [-0.39, 0.29) is 5.91 Å². The van der Waals surface area contributed by atoms with Crippen LogP contribution in [0.4, 0.5) is 5.69 Å². The molecule has 25 heavy (non-hydrogen) atoms. The summed E-state index contributed by atoms with van der Waals surface area (Å²) in [7, 11) is 0. The third-order valence-corrected chi connectivity index (χ3v) is 4.21. The van der Waals surface area contributed by atoms with Crippen molar-refractivity contribution in [3.05, 3.63) is 64.3 Å². The van der Waals surface area contributed by atoms with Gasteiger partial charge in [-0.05, 0) is 67.9 Å². The van der Waals surface area contributed by atoms with Crippen molar-refractivity contribution in [3.8, 4) is 17.0 Å². The third kappa shape index (κ3) is 4.09. The molecule has 3 aromatic rings. The van der Waals surface area contributed by atoms with E-state index in [0.717, 1.165) is 27.0 Å². The SMILES string of the molecule is CCOc1ccc(-c2cc(C(=O)Nc3ccc(Br)cc3C)[nH]n2)cc1. The number of nitrogens with zero attached hydrogens (tertiary/aromatic N) is 1. The normalized spacial score (nSPS) is 10.5. The summed E-state index contributed by atoms with van der Waals surface area (Å²) in [4.78, 5) is 12.4. The molecule has 5 nitrogen and oxygen atoms in total. The van der Waals surface area contributed by atoms with Crippen LogP contribution in [0.1, 0.15) is 23.0 Å². The monoisotopic (exact) mass is 399 g/mol. The summed E-state index contributed by atoms with van der Waals surface area (Å²) in [6.45, 7) is 4.51. The number of hydrogen-bond acceptors (Lipinski definition) is 3. The Kier molecular flexibility index (Phi) is 5.19. The molecule has 0 spiro atoms. The molecule has 128 valence electrons. The van der Waals surface area contributed by atoms with Crippen molar-refractivity contribution in [1.82, 2.24) is 10.2 Å². The molecule has 6 heteroatoms. The largest absolute Gasteiger partial charge is 0.494 e.